The number of anilines is 1. The Morgan fingerprint density at radius 2 is 2.19 bits per heavy atom. The van der Waals surface area contributed by atoms with E-state index in [-0.39, 0.29) is 5.69 Å². The first kappa shape index (κ1) is 10.1. The molecule has 0 fully saturated rings. The third-order valence-corrected chi connectivity index (χ3v) is 2.15. The minimum Gasteiger partial charge on any atom is -0.383 e. The molecule has 0 aliphatic heterocycles. The summed E-state index contributed by atoms with van der Waals surface area (Å²) >= 11 is 0. The molecule has 1 amide bonds. The summed E-state index contributed by atoms with van der Waals surface area (Å²) < 4.78 is 1.44. The van der Waals surface area contributed by atoms with Crippen LogP contribution in [-0.4, -0.2) is 25.7 Å². The lowest BCUT2D eigenvalue weighted by Gasteiger charge is -2.05. The zero-order chi connectivity index (χ0) is 11.7. The van der Waals surface area contributed by atoms with Gasteiger partial charge in [-0.05, 0) is 13.0 Å². The summed E-state index contributed by atoms with van der Waals surface area (Å²) in [7, 11) is 0. The van der Waals surface area contributed by atoms with Gasteiger partial charge < -0.3 is 11.5 Å². The van der Waals surface area contributed by atoms with Crippen molar-refractivity contribution in [2.45, 2.75) is 6.92 Å². The highest BCUT2D eigenvalue weighted by atomic mass is 16.1. The third-order valence-electron chi connectivity index (χ3n) is 2.15. The van der Waals surface area contributed by atoms with Gasteiger partial charge in [-0.15, -0.1) is 0 Å². The predicted molar refractivity (Wildman–Crippen MR) is 56.8 cm³/mol. The van der Waals surface area contributed by atoms with Crippen LogP contribution in [0, 0.1) is 6.92 Å². The molecule has 0 unspecified atom stereocenters. The molecule has 0 saturated heterocycles. The Kier molecular flexibility index (Phi) is 2.28. The largest absolute Gasteiger partial charge is 0.383 e. The summed E-state index contributed by atoms with van der Waals surface area (Å²) in [5, 5.41) is 3.98. The Hall–Kier alpha value is -2.44. The van der Waals surface area contributed by atoms with Crippen molar-refractivity contribution in [1.29, 1.82) is 0 Å². The summed E-state index contributed by atoms with van der Waals surface area (Å²) in [6.07, 6.45) is 2.93. The van der Waals surface area contributed by atoms with Crippen LogP contribution in [0.25, 0.3) is 5.82 Å². The maximum Gasteiger partial charge on any atom is 0.269 e. The highest BCUT2D eigenvalue weighted by Gasteiger charge is 2.10. The van der Waals surface area contributed by atoms with Crippen LogP contribution >= 0.6 is 0 Å². The molecule has 16 heavy (non-hydrogen) atoms. The van der Waals surface area contributed by atoms with E-state index < -0.39 is 5.91 Å². The van der Waals surface area contributed by atoms with Gasteiger partial charge in [-0.25, -0.2) is 14.6 Å². The van der Waals surface area contributed by atoms with Crippen molar-refractivity contribution in [3.05, 3.63) is 29.8 Å². The van der Waals surface area contributed by atoms with Crippen LogP contribution in [0.15, 0.2) is 18.6 Å². The van der Waals surface area contributed by atoms with E-state index in [0.29, 0.717) is 17.2 Å². The SMILES string of the molecule is Cc1c(N)ncnc1-n1ccc(C(N)=O)n1. The fraction of sp³-hybridized carbons (Fsp3) is 0.111. The van der Waals surface area contributed by atoms with E-state index >= 15 is 0 Å². The van der Waals surface area contributed by atoms with E-state index in [2.05, 4.69) is 15.1 Å². The number of nitrogen functional groups attached to an aromatic ring is 1. The molecule has 82 valence electrons. The second-order valence-corrected chi connectivity index (χ2v) is 3.22. The second-order valence-electron chi connectivity index (χ2n) is 3.22. The first-order valence-corrected chi connectivity index (χ1v) is 4.52. The lowest BCUT2D eigenvalue weighted by Crippen LogP contribution is -2.13. The number of primary amides is 1. The first-order valence-electron chi connectivity index (χ1n) is 4.52. The first-order chi connectivity index (χ1) is 7.59. The van der Waals surface area contributed by atoms with Crippen molar-refractivity contribution in [3.8, 4) is 5.82 Å². The van der Waals surface area contributed by atoms with Gasteiger partial charge in [0.15, 0.2) is 5.82 Å². The molecule has 4 N–H and O–H groups in total. The molecule has 7 heteroatoms. The fourth-order valence-electron chi connectivity index (χ4n) is 1.26. The molecule has 0 atom stereocenters. The zero-order valence-corrected chi connectivity index (χ0v) is 8.58. The van der Waals surface area contributed by atoms with Gasteiger partial charge in [0.05, 0.1) is 0 Å². The van der Waals surface area contributed by atoms with E-state index in [9.17, 15) is 4.79 Å². The number of nitrogens with zero attached hydrogens (tertiary/aromatic N) is 4. The molecule has 0 saturated carbocycles. The lowest BCUT2D eigenvalue weighted by atomic mass is 10.3. The van der Waals surface area contributed by atoms with Crippen LogP contribution in [0.3, 0.4) is 0 Å². The van der Waals surface area contributed by atoms with Gasteiger partial charge in [-0.1, -0.05) is 0 Å². The number of nitrogens with two attached hydrogens (primary N) is 2. The van der Waals surface area contributed by atoms with Crippen molar-refractivity contribution in [1.82, 2.24) is 19.7 Å². The van der Waals surface area contributed by atoms with E-state index in [1.54, 1.807) is 13.1 Å². The molecule has 2 aromatic rings. The lowest BCUT2D eigenvalue weighted by molar-refractivity contribution is 0.0995. The number of amides is 1. The number of carbonyl (C=O) groups is 1. The van der Waals surface area contributed by atoms with Gasteiger partial charge in [0.1, 0.15) is 17.8 Å². The number of carbonyl (C=O) groups excluding carboxylic acids is 1. The van der Waals surface area contributed by atoms with Gasteiger partial charge in [0.25, 0.3) is 5.91 Å². The Balaban J connectivity index is 2.50. The van der Waals surface area contributed by atoms with Crippen molar-refractivity contribution in [2.24, 2.45) is 5.73 Å². The van der Waals surface area contributed by atoms with Crippen LogP contribution in [0.1, 0.15) is 16.1 Å². The summed E-state index contributed by atoms with van der Waals surface area (Å²) in [5.74, 6) is 0.319. The van der Waals surface area contributed by atoms with E-state index in [0.717, 1.165) is 0 Å². The number of hydrogen-bond acceptors (Lipinski definition) is 5. The molecule has 7 nitrogen and oxygen atoms in total. The average Bonchev–Trinajstić information content (AvgIpc) is 2.71. The van der Waals surface area contributed by atoms with Gasteiger partial charge in [-0.2, -0.15) is 5.10 Å². The molecule has 0 bridgehead atoms. The topological polar surface area (TPSA) is 113 Å². The van der Waals surface area contributed by atoms with E-state index in [1.807, 2.05) is 0 Å². The van der Waals surface area contributed by atoms with Crippen molar-refractivity contribution >= 4 is 11.7 Å². The summed E-state index contributed by atoms with van der Waals surface area (Å²) in [5.41, 5.74) is 11.6. The molecule has 2 heterocycles. The smallest absolute Gasteiger partial charge is 0.269 e. The summed E-state index contributed by atoms with van der Waals surface area (Å²) in [4.78, 5) is 18.8. The van der Waals surface area contributed by atoms with Gasteiger partial charge >= 0.3 is 0 Å². The minimum absolute atomic E-state index is 0.177. The van der Waals surface area contributed by atoms with Crippen LogP contribution in [0.2, 0.25) is 0 Å². The molecule has 0 radical (unpaired) electrons. The Bertz CT molecular complexity index is 547. The minimum atomic E-state index is -0.585. The monoisotopic (exact) mass is 218 g/mol. The quantitative estimate of drug-likeness (QED) is 0.715. The summed E-state index contributed by atoms with van der Waals surface area (Å²) in [6, 6.07) is 1.51. The standard InChI is InChI=1S/C9H10N6O/c1-5-7(10)12-4-13-9(5)15-3-2-6(14-15)8(11)16/h2-4H,1H3,(H2,11,16)(H2,10,12,13). The molecular formula is C9H10N6O. The van der Waals surface area contributed by atoms with Crippen molar-refractivity contribution < 1.29 is 4.79 Å². The van der Waals surface area contributed by atoms with Crippen LogP contribution in [0.4, 0.5) is 5.82 Å². The number of rotatable bonds is 2. The van der Waals surface area contributed by atoms with Crippen LogP contribution < -0.4 is 11.5 Å². The van der Waals surface area contributed by atoms with Crippen LogP contribution in [0.5, 0.6) is 0 Å². The second kappa shape index (κ2) is 3.61. The molecule has 2 aromatic heterocycles. The zero-order valence-electron chi connectivity index (χ0n) is 8.58. The number of aromatic nitrogens is 4. The highest BCUT2D eigenvalue weighted by Crippen LogP contribution is 2.13. The molecule has 0 aliphatic carbocycles. The Morgan fingerprint density at radius 3 is 2.81 bits per heavy atom. The van der Waals surface area contributed by atoms with Gasteiger partial charge in [0.2, 0.25) is 0 Å². The third kappa shape index (κ3) is 1.58. The molecular weight excluding hydrogens is 208 g/mol. The van der Waals surface area contributed by atoms with E-state index in [4.69, 9.17) is 11.5 Å². The fourth-order valence-corrected chi connectivity index (χ4v) is 1.26. The van der Waals surface area contributed by atoms with Gasteiger partial charge in [-0.3, -0.25) is 4.79 Å². The molecule has 0 spiro atoms. The van der Waals surface area contributed by atoms with Gasteiger partial charge in [0, 0.05) is 11.8 Å². The maximum atomic E-state index is 10.9. The maximum absolute atomic E-state index is 10.9. The predicted octanol–water partition coefficient (Wildman–Crippen LogP) is -0.348. The van der Waals surface area contributed by atoms with Crippen molar-refractivity contribution in [2.75, 3.05) is 5.73 Å². The normalized spacial score (nSPS) is 10.3. The number of hydrogen-bond donors (Lipinski definition) is 2. The summed E-state index contributed by atoms with van der Waals surface area (Å²) in [6.45, 7) is 1.77. The Labute approximate surface area is 91.1 Å². The highest BCUT2D eigenvalue weighted by molar-refractivity contribution is 5.90. The van der Waals surface area contributed by atoms with Crippen molar-refractivity contribution in [3.63, 3.8) is 0 Å². The molecule has 0 aromatic carbocycles. The average molecular weight is 218 g/mol. The Morgan fingerprint density at radius 1 is 1.44 bits per heavy atom. The molecule has 0 aliphatic rings. The van der Waals surface area contributed by atoms with E-state index in [1.165, 1.54) is 17.1 Å². The van der Waals surface area contributed by atoms with Crippen LogP contribution in [-0.2, 0) is 0 Å². The molecule has 2 rings (SSSR count).